The lowest BCUT2D eigenvalue weighted by Crippen LogP contribution is -2.56. The number of piperazine rings is 1. The summed E-state index contributed by atoms with van der Waals surface area (Å²) < 4.78 is 19.4. The van der Waals surface area contributed by atoms with Crippen LogP contribution in [0, 0.1) is 23.1 Å². The van der Waals surface area contributed by atoms with E-state index in [0.29, 0.717) is 49.8 Å². The van der Waals surface area contributed by atoms with E-state index >= 15 is 0 Å². The number of hydrogen-bond acceptors (Lipinski definition) is 5. The van der Waals surface area contributed by atoms with Gasteiger partial charge in [-0.25, -0.2) is 4.39 Å². The van der Waals surface area contributed by atoms with Crippen molar-refractivity contribution in [1.29, 1.82) is 5.26 Å². The Morgan fingerprint density at radius 1 is 1.12 bits per heavy atom. The van der Waals surface area contributed by atoms with E-state index in [4.69, 9.17) is 4.74 Å². The Morgan fingerprint density at radius 3 is 2.36 bits per heavy atom. The number of amides is 2. The second-order valence-electron chi connectivity index (χ2n) is 8.21. The van der Waals surface area contributed by atoms with E-state index in [1.54, 1.807) is 41.3 Å². The summed E-state index contributed by atoms with van der Waals surface area (Å²) in [6.07, 6.45) is 0. The van der Waals surface area contributed by atoms with Gasteiger partial charge in [-0.2, -0.15) is 5.26 Å². The fourth-order valence-electron chi connectivity index (χ4n) is 3.86. The third-order valence-electron chi connectivity index (χ3n) is 5.68. The summed E-state index contributed by atoms with van der Waals surface area (Å²) in [5, 5.41) is 12.2. The maximum atomic E-state index is 14.0. The van der Waals surface area contributed by atoms with Crippen LogP contribution in [0.2, 0.25) is 0 Å². The fourth-order valence-corrected chi connectivity index (χ4v) is 3.86. The second kappa shape index (κ2) is 10.8. The number of carbonyl (C=O) groups is 2. The Balaban J connectivity index is 1.64. The van der Waals surface area contributed by atoms with Crippen LogP contribution in [-0.4, -0.2) is 55.5 Å². The van der Waals surface area contributed by atoms with Gasteiger partial charge in [-0.3, -0.25) is 9.59 Å². The van der Waals surface area contributed by atoms with Gasteiger partial charge in [0.05, 0.1) is 12.3 Å². The summed E-state index contributed by atoms with van der Waals surface area (Å²) in [6, 6.07) is 12.6. The zero-order valence-electron chi connectivity index (χ0n) is 19.2. The van der Waals surface area contributed by atoms with Crippen molar-refractivity contribution in [2.24, 2.45) is 5.92 Å². The quantitative estimate of drug-likeness (QED) is 0.697. The van der Waals surface area contributed by atoms with Crippen LogP contribution in [0.1, 0.15) is 36.7 Å². The topological polar surface area (TPSA) is 85.7 Å². The summed E-state index contributed by atoms with van der Waals surface area (Å²) in [5.41, 5.74) is 1.01. The minimum Gasteiger partial charge on any atom is -0.494 e. The number of anilines is 1. The minimum atomic E-state index is -0.667. The molecule has 8 heteroatoms. The molecule has 1 aliphatic heterocycles. The molecule has 2 aromatic carbocycles. The molecule has 1 fully saturated rings. The van der Waals surface area contributed by atoms with Crippen LogP contribution < -0.4 is 15.0 Å². The first-order chi connectivity index (χ1) is 15.8. The first-order valence-corrected chi connectivity index (χ1v) is 11.1. The Hall–Kier alpha value is -3.60. The Morgan fingerprint density at radius 2 is 1.79 bits per heavy atom. The van der Waals surface area contributed by atoms with Gasteiger partial charge in [0.25, 0.3) is 5.91 Å². The van der Waals surface area contributed by atoms with Crippen LogP contribution in [0.5, 0.6) is 5.75 Å². The molecule has 1 N–H and O–H groups in total. The minimum absolute atomic E-state index is 0.0138. The molecule has 2 amide bonds. The van der Waals surface area contributed by atoms with E-state index in [-0.39, 0.29) is 23.3 Å². The zero-order chi connectivity index (χ0) is 24.0. The third kappa shape index (κ3) is 5.61. The molecule has 33 heavy (non-hydrogen) atoms. The monoisotopic (exact) mass is 452 g/mol. The SMILES string of the molecule is CCOc1ccc(C(=O)NC(C(=O)N2CCN(c3cccc(F)c3C#N)CC2)C(C)C)cc1. The van der Waals surface area contributed by atoms with E-state index < -0.39 is 11.9 Å². The average molecular weight is 453 g/mol. The van der Waals surface area contributed by atoms with Gasteiger partial charge in [0.2, 0.25) is 5.91 Å². The lowest BCUT2D eigenvalue weighted by Gasteiger charge is -2.38. The molecule has 0 saturated carbocycles. The molecule has 174 valence electrons. The van der Waals surface area contributed by atoms with Crippen LogP contribution in [0.4, 0.5) is 10.1 Å². The number of ether oxygens (including phenoxy) is 1. The smallest absolute Gasteiger partial charge is 0.251 e. The average Bonchev–Trinajstić information content (AvgIpc) is 2.82. The van der Waals surface area contributed by atoms with Crippen LogP contribution in [-0.2, 0) is 4.79 Å². The number of nitrogens with one attached hydrogen (secondary N) is 1. The highest BCUT2D eigenvalue weighted by molar-refractivity contribution is 5.97. The summed E-state index contributed by atoms with van der Waals surface area (Å²) in [7, 11) is 0. The number of hydrogen-bond donors (Lipinski definition) is 1. The van der Waals surface area contributed by atoms with E-state index in [0.717, 1.165) is 0 Å². The van der Waals surface area contributed by atoms with Gasteiger partial charge in [0.1, 0.15) is 29.2 Å². The summed E-state index contributed by atoms with van der Waals surface area (Å²) in [6.45, 7) is 8.00. The van der Waals surface area contributed by atoms with Crippen LogP contribution >= 0.6 is 0 Å². The molecule has 0 aliphatic carbocycles. The molecule has 1 saturated heterocycles. The standard InChI is InChI=1S/C25H29FN4O3/c1-4-33-19-10-8-18(9-11-19)24(31)28-23(17(2)3)25(32)30-14-12-29(13-15-30)22-7-5-6-21(26)20(22)16-27/h5-11,17,23H,4,12-15H2,1-3H3,(H,28,31). The molecule has 1 aliphatic rings. The van der Waals surface area contributed by atoms with Crippen molar-refractivity contribution in [3.8, 4) is 11.8 Å². The number of nitriles is 1. The molecule has 1 heterocycles. The number of nitrogens with zero attached hydrogens (tertiary/aromatic N) is 3. The second-order valence-corrected chi connectivity index (χ2v) is 8.21. The molecular weight excluding hydrogens is 423 g/mol. The summed E-state index contributed by atoms with van der Waals surface area (Å²) in [4.78, 5) is 29.6. The van der Waals surface area contributed by atoms with Crippen molar-refractivity contribution >= 4 is 17.5 Å². The maximum absolute atomic E-state index is 14.0. The maximum Gasteiger partial charge on any atom is 0.251 e. The van der Waals surface area contributed by atoms with E-state index in [1.807, 2.05) is 31.7 Å². The van der Waals surface area contributed by atoms with Crippen molar-refractivity contribution in [1.82, 2.24) is 10.2 Å². The van der Waals surface area contributed by atoms with Crippen LogP contribution in [0.15, 0.2) is 42.5 Å². The predicted molar refractivity (Wildman–Crippen MR) is 124 cm³/mol. The van der Waals surface area contributed by atoms with E-state index in [9.17, 15) is 19.2 Å². The number of carbonyl (C=O) groups excluding carboxylic acids is 2. The Bertz CT molecular complexity index is 1020. The Kier molecular flexibility index (Phi) is 7.88. The van der Waals surface area contributed by atoms with Gasteiger partial charge in [0.15, 0.2) is 0 Å². The van der Waals surface area contributed by atoms with Crippen LogP contribution in [0.25, 0.3) is 0 Å². The normalized spacial score (nSPS) is 14.5. The lowest BCUT2D eigenvalue weighted by atomic mass is 10.0. The summed E-state index contributed by atoms with van der Waals surface area (Å²) >= 11 is 0. The molecule has 1 atom stereocenters. The molecule has 7 nitrogen and oxygen atoms in total. The number of halogens is 1. The summed E-state index contributed by atoms with van der Waals surface area (Å²) in [5.74, 6) is -0.437. The van der Waals surface area contributed by atoms with Crippen molar-refractivity contribution < 1.29 is 18.7 Å². The molecule has 2 aromatic rings. The highest BCUT2D eigenvalue weighted by Gasteiger charge is 2.31. The number of rotatable bonds is 7. The largest absolute Gasteiger partial charge is 0.494 e. The first kappa shape index (κ1) is 24.1. The van der Waals surface area contributed by atoms with E-state index in [1.165, 1.54) is 6.07 Å². The molecule has 0 radical (unpaired) electrons. The molecular formula is C25H29FN4O3. The molecule has 0 aromatic heterocycles. The van der Waals surface area contributed by atoms with Gasteiger partial charge in [-0.05, 0) is 49.2 Å². The zero-order valence-corrected chi connectivity index (χ0v) is 19.2. The van der Waals surface area contributed by atoms with Gasteiger partial charge in [-0.1, -0.05) is 19.9 Å². The molecule has 3 rings (SSSR count). The highest BCUT2D eigenvalue weighted by Crippen LogP contribution is 2.24. The molecule has 0 bridgehead atoms. The lowest BCUT2D eigenvalue weighted by molar-refractivity contribution is -0.134. The van der Waals surface area contributed by atoms with Crippen molar-refractivity contribution in [2.45, 2.75) is 26.8 Å². The van der Waals surface area contributed by atoms with E-state index in [2.05, 4.69) is 5.32 Å². The van der Waals surface area contributed by atoms with Gasteiger partial charge < -0.3 is 19.9 Å². The van der Waals surface area contributed by atoms with Gasteiger partial charge in [0, 0.05) is 31.7 Å². The third-order valence-corrected chi connectivity index (χ3v) is 5.68. The van der Waals surface area contributed by atoms with Crippen LogP contribution in [0.3, 0.4) is 0 Å². The Labute approximate surface area is 193 Å². The van der Waals surface area contributed by atoms with Gasteiger partial charge >= 0.3 is 0 Å². The van der Waals surface area contributed by atoms with Crippen molar-refractivity contribution in [3.63, 3.8) is 0 Å². The molecule has 0 spiro atoms. The fraction of sp³-hybridized carbons (Fsp3) is 0.400. The predicted octanol–water partition coefficient (Wildman–Crippen LogP) is 3.20. The van der Waals surface area contributed by atoms with Crippen molar-refractivity contribution in [3.05, 3.63) is 59.4 Å². The first-order valence-electron chi connectivity index (χ1n) is 11.1. The molecule has 1 unspecified atom stereocenters. The van der Waals surface area contributed by atoms with Gasteiger partial charge in [-0.15, -0.1) is 0 Å². The highest BCUT2D eigenvalue weighted by atomic mass is 19.1. The van der Waals surface area contributed by atoms with Crippen molar-refractivity contribution in [2.75, 3.05) is 37.7 Å². The number of benzene rings is 2.